The van der Waals surface area contributed by atoms with Crippen molar-refractivity contribution >= 4 is 27.3 Å². The van der Waals surface area contributed by atoms with E-state index in [0.717, 1.165) is 0 Å². The van der Waals surface area contributed by atoms with E-state index >= 15 is 0 Å². The molecule has 240 valence electrons. The first-order valence-corrected chi connectivity index (χ1v) is 16.5. The molecule has 0 bridgehead atoms. The summed E-state index contributed by atoms with van der Waals surface area (Å²) >= 11 is 6.60. The summed E-state index contributed by atoms with van der Waals surface area (Å²) in [6, 6.07) is 3.97. The molecule has 0 saturated heterocycles. The fourth-order valence-electron chi connectivity index (χ4n) is 6.07. The number of nitrogens with zero attached hydrogens (tertiary/aromatic N) is 2. The second kappa shape index (κ2) is 12.9. The summed E-state index contributed by atoms with van der Waals surface area (Å²) in [6.07, 6.45) is -1.92. The van der Waals surface area contributed by atoms with E-state index in [-0.39, 0.29) is 83.2 Å². The topological polar surface area (TPSA) is 111 Å². The summed E-state index contributed by atoms with van der Waals surface area (Å²) in [5, 5.41) is 17.7. The zero-order valence-corrected chi connectivity index (χ0v) is 25.3. The van der Waals surface area contributed by atoms with Gasteiger partial charge in [0.05, 0.1) is 27.5 Å². The third-order valence-electron chi connectivity index (χ3n) is 8.63. The third-order valence-corrected chi connectivity index (χ3v) is 10.7. The molecule has 0 spiro atoms. The number of aryl methyl sites for hydroxylation is 1. The highest BCUT2D eigenvalue weighted by Crippen LogP contribution is 2.47. The molecule has 2 aliphatic carbocycles. The number of aromatic nitrogens is 2. The summed E-state index contributed by atoms with van der Waals surface area (Å²) in [4.78, 5) is 13.1. The fraction of sp³-hybridized carbons (Fsp3) is 0.643. The maximum atomic E-state index is 13.5. The van der Waals surface area contributed by atoms with Gasteiger partial charge in [-0.15, -0.1) is 0 Å². The number of alkyl halides is 5. The Morgan fingerprint density at radius 1 is 1.19 bits per heavy atom. The molecule has 0 aliphatic heterocycles. The van der Waals surface area contributed by atoms with E-state index in [1.165, 1.54) is 29.1 Å². The monoisotopic (exact) mass is 655 g/mol. The first kappa shape index (κ1) is 33.4. The zero-order valence-electron chi connectivity index (χ0n) is 23.8. The molecule has 1 amide bonds. The molecule has 4 rings (SSSR count). The highest BCUT2D eigenvalue weighted by atomic mass is 35.5. The lowest BCUT2D eigenvalue weighted by molar-refractivity contribution is -0.193. The molecule has 2 fully saturated rings. The van der Waals surface area contributed by atoms with Crippen molar-refractivity contribution in [1.29, 1.82) is 0 Å². The van der Waals surface area contributed by atoms with Gasteiger partial charge in [-0.3, -0.25) is 9.48 Å². The van der Waals surface area contributed by atoms with Crippen molar-refractivity contribution in [2.24, 2.45) is 11.8 Å². The lowest BCUT2D eigenvalue weighted by Crippen LogP contribution is -2.36. The number of ether oxygens (including phenoxy) is 1. The number of rotatable bonds is 9. The number of hydrogen-bond donors (Lipinski definition) is 2. The molecule has 2 aromatic rings. The van der Waals surface area contributed by atoms with Gasteiger partial charge >= 0.3 is 12.8 Å². The highest BCUT2D eigenvalue weighted by molar-refractivity contribution is 7.91. The molecule has 43 heavy (non-hydrogen) atoms. The minimum absolute atomic E-state index is 0.0640. The lowest BCUT2D eigenvalue weighted by Gasteiger charge is -2.37. The van der Waals surface area contributed by atoms with Gasteiger partial charge in [-0.1, -0.05) is 17.7 Å². The quantitative estimate of drug-likeness (QED) is 0.316. The molecular weight excluding hydrogens is 621 g/mol. The number of nitrogens with one attached hydrogen (secondary N) is 1. The number of amides is 1. The second-order valence-corrected chi connectivity index (χ2v) is 14.1. The molecule has 0 atom stereocenters. The summed E-state index contributed by atoms with van der Waals surface area (Å²) in [5.41, 5.74) is -1.48. The Morgan fingerprint density at radius 3 is 2.35 bits per heavy atom. The predicted octanol–water partition coefficient (Wildman–Crippen LogP) is 6.10. The molecule has 2 aliphatic rings. The molecule has 2 N–H and O–H groups in total. The SMILES string of the molecule is CCn1nc(C(=O)NCC2CCC(S(C)(=O)=O)CC2)c(Cl)c1-c1ccc(C2(O)CCC(C(F)(F)F)CC2)cc1OC(F)F. The number of aliphatic hydroxyl groups is 1. The van der Waals surface area contributed by atoms with E-state index in [0.29, 0.717) is 25.7 Å². The average Bonchev–Trinajstić information content (AvgIpc) is 3.26. The fourth-order valence-corrected chi connectivity index (χ4v) is 7.52. The summed E-state index contributed by atoms with van der Waals surface area (Å²) in [5.74, 6) is -2.44. The molecule has 15 heteroatoms. The summed E-state index contributed by atoms with van der Waals surface area (Å²) in [7, 11) is -3.12. The van der Waals surface area contributed by atoms with Crippen LogP contribution in [0.5, 0.6) is 5.75 Å². The lowest BCUT2D eigenvalue weighted by atomic mass is 9.75. The van der Waals surface area contributed by atoms with Gasteiger partial charge in [0, 0.05) is 24.9 Å². The van der Waals surface area contributed by atoms with Crippen LogP contribution in [0.2, 0.25) is 5.02 Å². The Hall–Kier alpha value is -2.45. The third kappa shape index (κ3) is 7.62. The van der Waals surface area contributed by atoms with E-state index in [4.69, 9.17) is 16.3 Å². The first-order chi connectivity index (χ1) is 20.0. The van der Waals surface area contributed by atoms with E-state index in [2.05, 4.69) is 10.4 Å². The van der Waals surface area contributed by atoms with Crippen LogP contribution in [-0.2, 0) is 22.0 Å². The Labute approximate surface area is 251 Å². The maximum absolute atomic E-state index is 13.5. The van der Waals surface area contributed by atoms with Gasteiger partial charge < -0.3 is 15.2 Å². The number of benzene rings is 1. The van der Waals surface area contributed by atoms with Gasteiger partial charge in [-0.25, -0.2) is 8.42 Å². The highest BCUT2D eigenvalue weighted by Gasteiger charge is 2.46. The van der Waals surface area contributed by atoms with Crippen molar-refractivity contribution in [2.45, 2.75) is 88.5 Å². The van der Waals surface area contributed by atoms with Crippen molar-refractivity contribution < 1.29 is 45.0 Å². The Morgan fingerprint density at radius 2 is 1.81 bits per heavy atom. The van der Waals surface area contributed by atoms with Crippen molar-refractivity contribution in [2.75, 3.05) is 12.8 Å². The van der Waals surface area contributed by atoms with E-state index in [1.54, 1.807) is 6.92 Å². The Bertz CT molecular complexity index is 1420. The molecule has 8 nitrogen and oxygen atoms in total. The predicted molar refractivity (Wildman–Crippen MR) is 150 cm³/mol. The molecule has 2 saturated carbocycles. The van der Waals surface area contributed by atoms with Crippen molar-refractivity contribution in [3.8, 4) is 17.0 Å². The minimum atomic E-state index is -4.38. The molecule has 1 aromatic carbocycles. The summed E-state index contributed by atoms with van der Waals surface area (Å²) in [6.45, 7) is -1.07. The number of hydrogen-bond acceptors (Lipinski definition) is 6. The van der Waals surface area contributed by atoms with Gasteiger partial charge in [0.2, 0.25) is 0 Å². The van der Waals surface area contributed by atoms with Crippen LogP contribution in [0.3, 0.4) is 0 Å². The van der Waals surface area contributed by atoms with Crippen LogP contribution in [0.25, 0.3) is 11.3 Å². The second-order valence-electron chi connectivity index (χ2n) is 11.4. The minimum Gasteiger partial charge on any atom is -0.434 e. The van der Waals surface area contributed by atoms with Crippen LogP contribution >= 0.6 is 11.6 Å². The summed E-state index contributed by atoms with van der Waals surface area (Å²) < 4.78 is 96.2. The molecule has 0 radical (unpaired) electrons. The number of halogens is 6. The largest absolute Gasteiger partial charge is 0.434 e. The smallest absolute Gasteiger partial charge is 0.391 e. The van der Waals surface area contributed by atoms with Crippen LogP contribution in [0.4, 0.5) is 22.0 Å². The average molecular weight is 656 g/mol. The van der Waals surface area contributed by atoms with Crippen LogP contribution < -0.4 is 10.1 Å². The molecular formula is C28H35ClF5N3O5S. The van der Waals surface area contributed by atoms with Gasteiger partial charge in [0.1, 0.15) is 15.6 Å². The Kier molecular flexibility index (Phi) is 10.0. The van der Waals surface area contributed by atoms with Crippen molar-refractivity contribution in [1.82, 2.24) is 15.1 Å². The van der Waals surface area contributed by atoms with Gasteiger partial charge in [-0.2, -0.15) is 27.1 Å². The van der Waals surface area contributed by atoms with E-state index in [9.17, 15) is 40.3 Å². The van der Waals surface area contributed by atoms with Crippen LogP contribution in [-0.4, -0.2) is 60.1 Å². The number of carbonyl (C=O) groups is 1. The molecule has 0 unspecified atom stereocenters. The van der Waals surface area contributed by atoms with Gasteiger partial charge in [0.25, 0.3) is 5.91 Å². The number of carbonyl (C=O) groups excluding carboxylic acids is 1. The van der Waals surface area contributed by atoms with Crippen molar-refractivity contribution in [3.63, 3.8) is 0 Å². The van der Waals surface area contributed by atoms with Gasteiger partial charge in [-0.05, 0) is 81.9 Å². The number of sulfone groups is 1. The van der Waals surface area contributed by atoms with Gasteiger partial charge in [0.15, 0.2) is 5.69 Å². The van der Waals surface area contributed by atoms with Crippen molar-refractivity contribution in [3.05, 3.63) is 34.5 Å². The zero-order chi connectivity index (χ0) is 31.7. The van der Waals surface area contributed by atoms with Crippen LogP contribution in [0, 0.1) is 11.8 Å². The van der Waals surface area contributed by atoms with E-state index < -0.39 is 40.1 Å². The van der Waals surface area contributed by atoms with Crippen LogP contribution in [0.1, 0.15) is 74.3 Å². The standard InChI is InChI=1S/C28H35ClF5N3O5S/c1-3-37-24(22(29)23(36-37)25(38)35-15-16-4-7-19(8-5-16)43(2,40)41)20-9-6-18(14-21(20)42-26(30)31)27(39)12-10-17(11-13-27)28(32,33)34/h6,9,14,16-17,19,26,39H,3-5,7-8,10-13,15H2,1-2H3,(H,35,38). The van der Waals surface area contributed by atoms with E-state index in [1.807, 2.05) is 0 Å². The molecule has 1 aromatic heterocycles. The Balaban J connectivity index is 1.56. The molecule has 1 heterocycles. The maximum Gasteiger partial charge on any atom is 0.391 e. The first-order valence-electron chi connectivity index (χ1n) is 14.2. The van der Waals surface area contributed by atoms with Crippen LogP contribution in [0.15, 0.2) is 18.2 Å². The normalized spacial score (nSPS) is 25.1.